The maximum absolute atomic E-state index is 12.1. The van der Waals surface area contributed by atoms with Crippen LogP contribution in [0.5, 0.6) is 0 Å². The van der Waals surface area contributed by atoms with Crippen molar-refractivity contribution >= 4 is 5.91 Å². The number of benzene rings is 1. The molecule has 0 unspecified atom stereocenters. The van der Waals surface area contributed by atoms with E-state index < -0.39 is 0 Å². The van der Waals surface area contributed by atoms with Crippen molar-refractivity contribution in [1.82, 2.24) is 5.32 Å². The zero-order valence-electron chi connectivity index (χ0n) is 12.7. The second-order valence-electron chi connectivity index (χ2n) is 6.06. The number of aliphatic hydroxyl groups is 1. The van der Waals surface area contributed by atoms with Gasteiger partial charge in [-0.2, -0.15) is 0 Å². The molecule has 0 saturated heterocycles. The zero-order valence-corrected chi connectivity index (χ0v) is 12.7. The van der Waals surface area contributed by atoms with Gasteiger partial charge in [0.15, 0.2) is 0 Å². The van der Waals surface area contributed by atoms with Crippen LogP contribution in [0.2, 0.25) is 0 Å². The van der Waals surface area contributed by atoms with Gasteiger partial charge in [-0.15, -0.1) is 0 Å². The van der Waals surface area contributed by atoms with Crippen molar-refractivity contribution in [3.05, 3.63) is 34.9 Å². The van der Waals surface area contributed by atoms with E-state index in [1.165, 1.54) is 0 Å². The number of nitrogens with one attached hydrogen (secondary N) is 1. The number of aryl methyl sites for hydroxylation is 1. The molecule has 0 atom stereocenters. The highest BCUT2D eigenvalue weighted by Crippen LogP contribution is 2.17. The third-order valence-corrected chi connectivity index (χ3v) is 2.96. The number of hydrogen-bond donors (Lipinski definition) is 2. The van der Waals surface area contributed by atoms with Crippen LogP contribution in [0.25, 0.3) is 0 Å². The summed E-state index contributed by atoms with van der Waals surface area (Å²) in [7, 11) is 0. The monoisotopic (exact) mass is 273 g/mol. The molecule has 0 aromatic heterocycles. The Kier molecular flexibility index (Phi) is 5.79. The van der Waals surface area contributed by atoms with Gasteiger partial charge in [0.05, 0.1) is 0 Å². The Balaban J connectivity index is 2.74. The van der Waals surface area contributed by atoms with Crippen molar-refractivity contribution < 1.29 is 9.90 Å². The van der Waals surface area contributed by atoms with E-state index in [2.05, 4.69) is 37.9 Å². The van der Waals surface area contributed by atoms with Gasteiger partial charge in [0, 0.05) is 17.7 Å². The molecule has 0 fully saturated rings. The topological polar surface area (TPSA) is 49.3 Å². The minimum atomic E-state index is -0.179. The minimum absolute atomic E-state index is 0.0821. The molecule has 0 radical (unpaired) electrons. The van der Waals surface area contributed by atoms with E-state index >= 15 is 0 Å². The first-order valence-corrected chi connectivity index (χ1v) is 6.82. The molecule has 3 nitrogen and oxygen atoms in total. The molecule has 1 rings (SSSR count). The lowest BCUT2D eigenvalue weighted by Gasteiger charge is -2.18. The number of hydrogen-bond acceptors (Lipinski definition) is 2. The van der Waals surface area contributed by atoms with E-state index in [4.69, 9.17) is 5.11 Å². The number of carbonyl (C=O) groups excluding carboxylic acids is 1. The molecule has 3 heteroatoms. The summed E-state index contributed by atoms with van der Waals surface area (Å²) in [5, 5.41) is 11.7. The van der Waals surface area contributed by atoms with E-state index in [1.807, 2.05) is 13.0 Å². The van der Waals surface area contributed by atoms with Crippen LogP contribution in [-0.2, 0) is 0 Å². The van der Waals surface area contributed by atoms with Crippen LogP contribution in [0, 0.1) is 24.2 Å². The summed E-state index contributed by atoms with van der Waals surface area (Å²) in [6.45, 7) is 8.85. The molecule has 0 spiro atoms. The summed E-state index contributed by atoms with van der Waals surface area (Å²) < 4.78 is 0. The normalized spacial score (nSPS) is 10.7. The smallest absolute Gasteiger partial charge is 0.251 e. The third-order valence-electron chi connectivity index (χ3n) is 2.96. The lowest BCUT2D eigenvalue weighted by atomic mass is 9.92. The van der Waals surface area contributed by atoms with Crippen molar-refractivity contribution in [2.24, 2.45) is 5.41 Å². The van der Waals surface area contributed by atoms with Crippen LogP contribution >= 0.6 is 0 Å². The second-order valence-corrected chi connectivity index (χ2v) is 6.06. The van der Waals surface area contributed by atoms with Crippen molar-refractivity contribution in [2.75, 3.05) is 13.2 Å². The van der Waals surface area contributed by atoms with Gasteiger partial charge in [-0.3, -0.25) is 4.79 Å². The molecular weight excluding hydrogens is 250 g/mol. The van der Waals surface area contributed by atoms with Gasteiger partial charge in [0.2, 0.25) is 0 Å². The molecule has 0 aliphatic carbocycles. The van der Waals surface area contributed by atoms with E-state index in [0.29, 0.717) is 12.1 Å². The molecule has 0 bridgehead atoms. The van der Waals surface area contributed by atoms with Gasteiger partial charge in [0.1, 0.15) is 6.61 Å². The highest BCUT2D eigenvalue weighted by molar-refractivity contribution is 5.94. The van der Waals surface area contributed by atoms with Gasteiger partial charge in [-0.25, -0.2) is 0 Å². The molecule has 2 N–H and O–H groups in total. The average molecular weight is 273 g/mol. The molecule has 1 aromatic carbocycles. The molecule has 1 amide bonds. The molecule has 0 aliphatic heterocycles. The van der Waals surface area contributed by atoms with Crippen LogP contribution in [0.1, 0.15) is 48.7 Å². The van der Waals surface area contributed by atoms with E-state index in [9.17, 15) is 4.79 Å². The Morgan fingerprint density at radius 1 is 1.35 bits per heavy atom. The average Bonchev–Trinajstić information content (AvgIpc) is 2.36. The largest absolute Gasteiger partial charge is 0.384 e. The number of amides is 1. The predicted octanol–water partition coefficient (Wildman–Crippen LogP) is 2.50. The van der Waals surface area contributed by atoms with Crippen molar-refractivity contribution in [1.29, 1.82) is 0 Å². The maximum Gasteiger partial charge on any atom is 0.251 e. The molecule has 0 heterocycles. The van der Waals surface area contributed by atoms with Gasteiger partial charge in [-0.1, -0.05) is 38.7 Å². The zero-order chi connectivity index (χ0) is 15.2. The maximum atomic E-state index is 12.1. The Morgan fingerprint density at radius 2 is 2.05 bits per heavy atom. The summed E-state index contributed by atoms with van der Waals surface area (Å²) in [5.41, 5.74) is 2.59. The predicted molar refractivity (Wildman–Crippen MR) is 81.5 cm³/mol. The van der Waals surface area contributed by atoms with Gasteiger partial charge < -0.3 is 10.4 Å². The first-order chi connectivity index (χ1) is 9.33. The molecule has 1 aromatic rings. The van der Waals surface area contributed by atoms with Crippen molar-refractivity contribution in [3.63, 3.8) is 0 Å². The van der Waals surface area contributed by atoms with Crippen LogP contribution in [-0.4, -0.2) is 24.2 Å². The highest BCUT2D eigenvalue weighted by Gasteiger charge is 2.11. The Hall–Kier alpha value is -1.79. The Bertz CT molecular complexity index is 530. The molecular formula is C17H23NO2. The molecule has 108 valence electrons. The SMILES string of the molecule is Cc1ccc(C(=O)NCCC(C)(C)C)cc1C#CCO. The number of aliphatic hydroxyl groups excluding tert-OH is 1. The van der Waals surface area contributed by atoms with Crippen LogP contribution < -0.4 is 5.32 Å². The number of carbonyl (C=O) groups is 1. The molecule has 0 saturated carbocycles. The third kappa shape index (κ3) is 5.46. The molecule has 0 aliphatic rings. The minimum Gasteiger partial charge on any atom is -0.384 e. The standard InChI is InChI=1S/C17H23NO2/c1-13-7-8-15(12-14(13)6-5-11-19)16(20)18-10-9-17(2,3)4/h7-8,12,19H,9-11H2,1-4H3,(H,18,20). The fourth-order valence-electron chi connectivity index (χ4n) is 1.69. The molecule has 20 heavy (non-hydrogen) atoms. The summed E-state index contributed by atoms with van der Waals surface area (Å²) in [6, 6.07) is 5.44. The summed E-state index contributed by atoms with van der Waals surface area (Å²) in [5.74, 6) is 5.38. The van der Waals surface area contributed by atoms with Gasteiger partial charge in [-0.05, 0) is 36.5 Å². The van der Waals surface area contributed by atoms with E-state index in [1.54, 1.807) is 12.1 Å². The lowest BCUT2D eigenvalue weighted by molar-refractivity contribution is 0.0949. The quantitative estimate of drug-likeness (QED) is 0.831. The Morgan fingerprint density at radius 3 is 2.65 bits per heavy atom. The fourth-order valence-corrected chi connectivity index (χ4v) is 1.69. The second kappa shape index (κ2) is 7.12. The van der Waals surface area contributed by atoms with Crippen molar-refractivity contribution in [3.8, 4) is 11.8 Å². The highest BCUT2D eigenvalue weighted by atomic mass is 16.2. The lowest BCUT2D eigenvalue weighted by Crippen LogP contribution is -2.27. The van der Waals surface area contributed by atoms with Crippen LogP contribution in [0.15, 0.2) is 18.2 Å². The first-order valence-electron chi connectivity index (χ1n) is 6.82. The number of rotatable bonds is 3. The van der Waals surface area contributed by atoms with Crippen molar-refractivity contribution in [2.45, 2.75) is 34.1 Å². The summed E-state index contributed by atoms with van der Waals surface area (Å²) >= 11 is 0. The first kappa shape index (κ1) is 16.3. The van der Waals surface area contributed by atoms with E-state index in [0.717, 1.165) is 17.5 Å². The van der Waals surface area contributed by atoms with Gasteiger partial charge >= 0.3 is 0 Å². The fraction of sp³-hybridized carbons (Fsp3) is 0.471. The van der Waals surface area contributed by atoms with E-state index in [-0.39, 0.29) is 17.9 Å². The van der Waals surface area contributed by atoms with Gasteiger partial charge in [0.25, 0.3) is 5.91 Å². The summed E-state index contributed by atoms with van der Waals surface area (Å²) in [6.07, 6.45) is 0.932. The Labute approximate surface area is 121 Å². The van der Waals surface area contributed by atoms with Crippen LogP contribution in [0.4, 0.5) is 0 Å². The summed E-state index contributed by atoms with van der Waals surface area (Å²) in [4.78, 5) is 12.1. The van der Waals surface area contributed by atoms with Crippen LogP contribution in [0.3, 0.4) is 0 Å².